The molecule has 1 aromatic carbocycles. The van der Waals surface area contributed by atoms with Crippen LogP contribution in [-0.2, 0) is 20.9 Å². The molecule has 6 rings (SSSR count). The van der Waals surface area contributed by atoms with Gasteiger partial charge in [-0.1, -0.05) is 30.4 Å². The van der Waals surface area contributed by atoms with Crippen LogP contribution in [0.4, 0.5) is 4.39 Å². The predicted molar refractivity (Wildman–Crippen MR) is 116 cm³/mol. The summed E-state index contributed by atoms with van der Waals surface area (Å²) in [5.41, 5.74) is -0.764. The topological polar surface area (TPSA) is 95.9 Å². The molecule has 1 amide bonds. The first-order valence-electron chi connectivity index (χ1n) is 11.6. The van der Waals surface area contributed by atoms with Crippen LogP contribution in [0.15, 0.2) is 48.1 Å². The highest BCUT2D eigenvalue weighted by atomic mass is 19.1. The number of halogens is 1. The lowest BCUT2D eigenvalue weighted by molar-refractivity contribution is -0.151. The SMILES string of the molecule is C=C1C[C@]23C[C@@]1(O)CC[C@H]2C1=C[C@H]2OC(=O)[C@@](C)([C@H]1[C@@H]3C(=O)NCc1ccccc1F)[C@H]2O. The molecular weight excluding hydrogens is 425 g/mol. The van der Waals surface area contributed by atoms with Gasteiger partial charge in [-0.3, -0.25) is 9.59 Å². The number of ether oxygens (including phenoxy) is 1. The molecule has 0 radical (unpaired) electrons. The Morgan fingerprint density at radius 3 is 2.88 bits per heavy atom. The number of nitrogens with one attached hydrogen (secondary N) is 1. The third kappa shape index (κ3) is 2.50. The number of carbonyl (C=O) groups excluding carboxylic acids is 2. The Morgan fingerprint density at radius 1 is 1.36 bits per heavy atom. The number of amides is 1. The van der Waals surface area contributed by atoms with Crippen LogP contribution in [0.5, 0.6) is 0 Å². The highest BCUT2D eigenvalue weighted by Gasteiger charge is 2.75. The number of allylic oxidation sites excluding steroid dienone is 1. The fourth-order valence-electron chi connectivity index (χ4n) is 7.81. The van der Waals surface area contributed by atoms with Crippen LogP contribution in [0, 0.1) is 34.4 Å². The van der Waals surface area contributed by atoms with Crippen LogP contribution in [0.2, 0.25) is 0 Å². The number of benzene rings is 1. The Hall–Kier alpha value is -2.51. The molecule has 4 aliphatic carbocycles. The molecule has 8 atom stereocenters. The molecular formula is C26H28FNO5. The molecule has 33 heavy (non-hydrogen) atoms. The zero-order valence-corrected chi connectivity index (χ0v) is 18.5. The first kappa shape index (κ1) is 21.1. The van der Waals surface area contributed by atoms with Gasteiger partial charge in [-0.2, -0.15) is 0 Å². The number of hydrogen-bond donors (Lipinski definition) is 3. The second-order valence-electron chi connectivity index (χ2n) is 10.8. The Bertz CT molecular complexity index is 1130. The second-order valence-corrected chi connectivity index (χ2v) is 10.8. The van der Waals surface area contributed by atoms with Gasteiger partial charge in [0.05, 0.1) is 11.5 Å². The van der Waals surface area contributed by atoms with Crippen LogP contribution in [-0.4, -0.2) is 39.9 Å². The maximum absolute atomic E-state index is 14.2. The number of esters is 1. The minimum Gasteiger partial charge on any atom is -0.455 e. The average Bonchev–Trinajstić information content (AvgIpc) is 3.21. The molecule has 4 fully saturated rings. The molecule has 174 valence electrons. The van der Waals surface area contributed by atoms with Gasteiger partial charge in [0, 0.05) is 18.0 Å². The fourth-order valence-corrected chi connectivity index (χ4v) is 7.81. The van der Waals surface area contributed by atoms with Crippen LogP contribution < -0.4 is 5.32 Å². The zero-order valence-electron chi connectivity index (χ0n) is 18.5. The standard InChI is InChI=1S/C26H28FNO5/c1-13-10-25-12-26(13,32)8-7-16(25)15-9-18-21(29)24(2,23(31)33-18)19(15)20(25)22(30)28-11-14-5-3-4-6-17(14)27/h3-6,9,16,18-21,29,32H,1,7-8,10-12H2,2H3,(H,28,30)/t16-,18+,19+,20+,21-,24-,25-,26-/m0/s1. The van der Waals surface area contributed by atoms with Crippen molar-refractivity contribution in [2.45, 2.75) is 57.0 Å². The van der Waals surface area contributed by atoms with Gasteiger partial charge < -0.3 is 20.3 Å². The number of aliphatic hydroxyl groups excluding tert-OH is 1. The molecule has 0 aromatic heterocycles. The lowest BCUT2D eigenvalue weighted by Gasteiger charge is -2.42. The molecule has 0 unspecified atom stereocenters. The van der Waals surface area contributed by atoms with Crippen molar-refractivity contribution in [2.75, 3.05) is 0 Å². The first-order chi connectivity index (χ1) is 15.6. The van der Waals surface area contributed by atoms with E-state index in [-0.39, 0.29) is 18.4 Å². The van der Waals surface area contributed by atoms with Gasteiger partial charge in [0.2, 0.25) is 5.91 Å². The summed E-state index contributed by atoms with van der Waals surface area (Å²) in [6.45, 7) is 5.86. The van der Waals surface area contributed by atoms with E-state index in [0.29, 0.717) is 31.2 Å². The average molecular weight is 454 g/mol. The summed E-state index contributed by atoms with van der Waals surface area (Å²) in [5, 5.41) is 25.2. The van der Waals surface area contributed by atoms with Gasteiger partial charge in [-0.15, -0.1) is 0 Å². The number of aliphatic hydroxyl groups is 2. The molecule has 1 heterocycles. The third-order valence-electron chi connectivity index (χ3n) is 9.38. The molecule has 5 aliphatic rings. The van der Waals surface area contributed by atoms with E-state index in [1.807, 2.05) is 6.08 Å². The van der Waals surface area contributed by atoms with Crippen molar-refractivity contribution in [1.82, 2.24) is 5.32 Å². The van der Waals surface area contributed by atoms with Crippen molar-refractivity contribution in [3.05, 3.63) is 59.4 Å². The highest BCUT2D eigenvalue weighted by Crippen LogP contribution is 2.74. The summed E-state index contributed by atoms with van der Waals surface area (Å²) < 4.78 is 19.7. The van der Waals surface area contributed by atoms with E-state index < -0.39 is 52.3 Å². The third-order valence-corrected chi connectivity index (χ3v) is 9.38. The van der Waals surface area contributed by atoms with Gasteiger partial charge in [0.15, 0.2) is 0 Å². The molecule has 6 nitrogen and oxygen atoms in total. The Labute approximate surface area is 191 Å². The van der Waals surface area contributed by atoms with Gasteiger partial charge in [0.1, 0.15) is 23.4 Å². The van der Waals surface area contributed by atoms with E-state index in [9.17, 15) is 24.2 Å². The summed E-state index contributed by atoms with van der Waals surface area (Å²) in [5.74, 6) is -2.40. The van der Waals surface area contributed by atoms with E-state index >= 15 is 0 Å². The van der Waals surface area contributed by atoms with Gasteiger partial charge in [-0.05, 0) is 61.7 Å². The van der Waals surface area contributed by atoms with Crippen molar-refractivity contribution in [2.24, 2.45) is 28.6 Å². The van der Waals surface area contributed by atoms with Crippen molar-refractivity contribution >= 4 is 11.9 Å². The van der Waals surface area contributed by atoms with Crippen LogP contribution in [0.3, 0.4) is 0 Å². The number of rotatable bonds is 3. The fraction of sp³-hybridized carbons (Fsp3) is 0.538. The van der Waals surface area contributed by atoms with Crippen LogP contribution in [0.25, 0.3) is 0 Å². The minimum atomic E-state index is -1.25. The second kappa shape index (κ2) is 6.54. The van der Waals surface area contributed by atoms with E-state index in [1.54, 1.807) is 25.1 Å². The summed E-state index contributed by atoms with van der Waals surface area (Å²) in [7, 11) is 0. The Morgan fingerprint density at radius 2 is 2.12 bits per heavy atom. The molecule has 3 N–H and O–H groups in total. The minimum absolute atomic E-state index is 0.00457. The van der Waals surface area contributed by atoms with Gasteiger partial charge in [-0.25, -0.2) is 4.39 Å². The number of carbonyl (C=O) groups is 2. The smallest absolute Gasteiger partial charge is 0.315 e. The largest absolute Gasteiger partial charge is 0.455 e. The maximum atomic E-state index is 14.2. The quantitative estimate of drug-likeness (QED) is 0.483. The Balaban J connectivity index is 1.44. The number of fused-ring (bicyclic) bond motifs is 6. The molecule has 1 saturated heterocycles. The molecule has 3 saturated carbocycles. The van der Waals surface area contributed by atoms with Gasteiger partial charge >= 0.3 is 5.97 Å². The van der Waals surface area contributed by atoms with Crippen molar-refractivity contribution in [3.63, 3.8) is 0 Å². The maximum Gasteiger partial charge on any atom is 0.315 e. The molecule has 1 aromatic rings. The van der Waals surface area contributed by atoms with E-state index in [1.165, 1.54) is 6.07 Å². The molecule has 1 spiro atoms. The predicted octanol–water partition coefficient (Wildman–Crippen LogP) is 2.40. The monoisotopic (exact) mass is 453 g/mol. The van der Waals surface area contributed by atoms with E-state index in [4.69, 9.17) is 4.74 Å². The van der Waals surface area contributed by atoms with E-state index in [2.05, 4.69) is 11.9 Å². The summed E-state index contributed by atoms with van der Waals surface area (Å²) in [4.78, 5) is 26.9. The number of hydrogen-bond acceptors (Lipinski definition) is 5. The normalized spacial score (nSPS) is 44.7. The molecule has 7 heteroatoms. The van der Waals surface area contributed by atoms with Crippen LogP contribution >= 0.6 is 0 Å². The van der Waals surface area contributed by atoms with Crippen molar-refractivity contribution in [3.8, 4) is 0 Å². The van der Waals surface area contributed by atoms with E-state index in [0.717, 1.165) is 11.1 Å². The van der Waals surface area contributed by atoms with Gasteiger partial charge in [0.25, 0.3) is 0 Å². The van der Waals surface area contributed by atoms with Crippen LogP contribution in [0.1, 0.15) is 38.2 Å². The first-order valence-corrected chi connectivity index (χ1v) is 11.6. The lowest BCUT2D eigenvalue weighted by atomic mass is 9.60. The highest BCUT2D eigenvalue weighted by molar-refractivity contribution is 5.87. The van der Waals surface area contributed by atoms with Crippen molar-refractivity contribution < 1.29 is 28.9 Å². The summed E-state index contributed by atoms with van der Waals surface area (Å²) in [6.07, 6.45) is 2.24. The molecule has 4 bridgehead atoms. The zero-order chi connectivity index (χ0) is 23.3. The summed E-state index contributed by atoms with van der Waals surface area (Å²) in [6, 6.07) is 6.28. The lowest BCUT2D eigenvalue weighted by Crippen LogP contribution is -2.52. The molecule has 1 aliphatic heterocycles. The van der Waals surface area contributed by atoms with Crippen molar-refractivity contribution in [1.29, 1.82) is 0 Å². The summed E-state index contributed by atoms with van der Waals surface area (Å²) >= 11 is 0. The Kier molecular flexibility index (Phi) is 4.17.